The van der Waals surface area contributed by atoms with Gasteiger partial charge in [-0.1, -0.05) is 19.4 Å². The van der Waals surface area contributed by atoms with Crippen LogP contribution in [0.4, 0.5) is 4.39 Å². The zero-order valence-corrected chi connectivity index (χ0v) is 15.6. The quantitative estimate of drug-likeness (QED) is 0.739. The standard InChI is InChI=1S/C19H23FN2O2S/c1-4-5-14-11-17(25-13(14)3)19(24)22-9-8-21-18(23)15-7-6-12(2)16(20)10-15/h6-7,10-11H,4-5,8-9H2,1-3H3,(H,21,23)(H,22,24). The molecule has 6 heteroatoms. The fourth-order valence-electron chi connectivity index (χ4n) is 2.42. The first-order chi connectivity index (χ1) is 11.9. The van der Waals surface area contributed by atoms with Crippen molar-refractivity contribution in [3.8, 4) is 0 Å². The van der Waals surface area contributed by atoms with Gasteiger partial charge in [0.15, 0.2) is 0 Å². The molecule has 0 aliphatic rings. The SMILES string of the molecule is CCCc1cc(C(=O)NCCNC(=O)c2ccc(C)c(F)c2)sc1C. The first kappa shape index (κ1) is 19.1. The minimum atomic E-state index is -0.406. The molecule has 2 N–H and O–H groups in total. The Morgan fingerprint density at radius 2 is 1.76 bits per heavy atom. The van der Waals surface area contributed by atoms with E-state index in [1.807, 2.05) is 13.0 Å². The highest BCUT2D eigenvalue weighted by Gasteiger charge is 2.12. The Balaban J connectivity index is 1.80. The lowest BCUT2D eigenvalue weighted by Crippen LogP contribution is -2.34. The molecular formula is C19H23FN2O2S. The van der Waals surface area contributed by atoms with Gasteiger partial charge in [-0.05, 0) is 49.6 Å². The highest BCUT2D eigenvalue weighted by molar-refractivity contribution is 7.14. The zero-order chi connectivity index (χ0) is 18.4. The number of rotatable bonds is 7. The number of thiophene rings is 1. The van der Waals surface area contributed by atoms with Gasteiger partial charge in [0.2, 0.25) is 0 Å². The maximum atomic E-state index is 13.5. The Bertz CT molecular complexity index is 771. The molecule has 1 aromatic carbocycles. The van der Waals surface area contributed by atoms with E-state index in [9.17, 15) is 14.0 Å². The molecule has 1 aromatic heterocycles. The summed E-state index contributed by atoms with van der Waals surface area (Å²) < 4.78 is 13.5. The summed E-state index contributed by atoms with van der Waals surface area (Å²) in [5.74, 6) is -0.895. The number of hydrogen-bond acceptors (Lipinski definition) is 3. The fourth-order valence-corrected chi connectivity index (χ4v) is 3.41. The third-order valence-electron chi connectivity index (χ3n) is 3.89. The number of benzene rings is 1. The molecule has 25 heavy (non-hydrogen) atoms. The molecule has 0 bridgehead atoms. The number of halogens is 1. The van der Waals surface area contributed by atoms with E-state index in [2.05, 4.69) is 17.6 Å². The number of aryl methyl sites for hydroxylation is 3. The Labute approximate surface area is 151 Å². The lowest BCUT2D eigenvalue weighted by Gasteiger charge is -2.07. The van der Waals surface area contributed by atoms with Gasteiger partial charge in [-0.15, -0.1) is 11.3 Å². The van der Waals surface area contributed by atoms with Crippen LogP contribution in [0.15, 0.2) is 24.3 Å². The lowest BCUT2D eigenvalue weighted by molar-refractivity contribution is 0.0929. The number of hydrogen-bond donors (Lipinski definition) is 2. The third-order valence-corrected chi connectivity index (χ3v) is 4.99. The number of carbonyl (C=O) groups is 2. The predicted octanol–water partition coefficient (Wildman–Crippen LogP) is 3.62. The summed E-state index contributed by atoms with van der Waals surface area (Å²) in [5.41, 5.74) is 1.98. The second kappa shape index (κ2) is 8.76. The van der Waals surface area contributed by atoms with Crippen molar-refractivity contribution in [2.24, 2.45) is 0 Å². The minimum Gasteiger partial charge on any atom is -0.350 e. The third kappa shape index (κ3) is 5.13. The van der Waals surface area contributed by atoms with Gasteiger partial charge in [0.1, 0.15) is 5.82 Å². The van der Waals surface area contributed by atoms with E-state index in [1.54, 1.807) is 19.1 Å². The van der Waals surface area contributed by atoms with Crippen molar-refractivity contribution in [1.29, 1.82) is 0 Å². The van der Waals surface area contributed by atoms with E-state index in [0.29, 0.717) is 17.0 Å². The van der Waals surface area contributed by atoms with Crippen molar-refractivity contribution in [3.63, 3.8) is 0 Å². The van der Waals surface area contributed by atoms with Gasteiger partial charge in [-0.3, -0.25) is 9.59 Å². The van der Waals surface area contributed by atoms with Crippen LogP contribution < -0.4 is 10.6 Å². The number of nitrogens with one attached hydrogen (secondary N) is 2. The highest BCUT2D eigenvalue weighted by atomic mass is 32.1. The molecule has 0 atom stereocenters. The van der Waals surface area contributed by atoms with Crippen LogP contribution >= 0.6 is 11.3 Å². The molecular weight excluding hydrogens is 339 g/mol. The molecule has 0 fully saturated rings. The monoisotopic (exact) mass is 362 g/mol. The van der Waals surface area contributed by atoms with Crippen molar-refractivity contribution < 1.29 is 14.0 Å². The molecule has 0 aliphatic heterocycles. The molecule has 0 aliphatic carbocycles. The van der Waals surface area contributed by atoms with Gasteiger partial charge < -0.3 is 10.6 Å². The van der Waals surface area contributed by atoms with E-state index in [4.69, 9.17) is 0 Å². The van der Waals surface area contributed by atoms with Crippen LogP contribution in [-0.2, 0) is 6.42 Å². The Kier molecular flexibility index (Phi) is 6.70. The average molecular weight is 362 g/mol. The fraction of sp³-hybridized carbons (Fsp3) is 0.368. The van der Waals surface area contributed by atoms with Crippen molar-refractivity contribution >= 4 is 23.2 Å². The van der Waals surface area contributed by atoms with E-state index in [1.165, 1.54) is 27.8 Å². The van der Waals surface area contributed by atoms with Crippen molar-refractivity contribution in [3.05, 3.63) is 56.5 Å². The smallest absolute Gasteiger partial charge is 0.261 e. The Hall–Kier alpha value is -2.21. The largest absolute Gasteiger partial charge is 0.350 e. The van der Waals surface area contributed by atoms with Crippen LogP contribution in [0.3, 0.4) is 0 Å². The van der Waals surface area contributed by atoms with Gasteiger partial charge in [-0.2, -0.15) is 0 Å². The maximum Gasteiger partial charge on any atom is 0.261 e. The first-order valence-corrected chi connectivity index (χ1v) is 9.16. The van der Waals surface area contributed by atoms with Gasteiger partial charge in [0, 0.05) is 23.5 Å². The van der Waals surface area contributed by atoms with Crippen LogP contribution in [-0.4, -0.2) is 24.9 Å². The summed E-state index contributed by atoms with van der Waals surface area (Å²) >= 11 is 1.49. The van der Waals surface area contributed by atoms with E-state index in [-0.39, 0.29) is 23.9 Å². The summed E-state index contributed by atoms with van der Waals surface area (Å²) in [6.07, 6.45) is 2.02. The zero-order valence-electron chi connectivity index (χ0n) is 14.7. The summed E-state index contributed by atoms with van der Waals surface area (Å²) in [7, 11) is 0. The summed E-state index contributed by atoms with van der Waals surface area (Å²) in [5, 5.41) is 5.46. The van der Waals surface area contributed by atoms with Gasteiger partial charge >= 0.3 is 0 Å². The van der Waals surface area contributed by atoms with Gasteiger partial charge in [-0.25, -0.2) is 4.39 Å². The van der Waals surface area contributed by atoms with Crippen LogP contribution in [0.2, 0.25) is 0 Å². The van der Waals surface area contributed by atoms with Gasteiger partial charge in [0.25, 0.3) is 11.8 Å². The molecule has 0 spiro atoms. The number of carbonyl (C=O) groups excluding carboxylic acids is 2. The molecule has 0 radical (unpaired) electrons. The van der Waals surface area contributed by atoms with Crippen LogP contribution in [0.25, 0.3) is 0 Å². The summed E-state index contributed by atoms with van der Waals surface area (Å²) in [4.78, 5) is 26.0. The molecule has 0 saturated carbocycles. The van der Waals surface area contributed by atoms with Crippen LogP contribution in [0.1, 0.15) is 49.4 Å². The van der Waals surface area contributed by atoms with Gasteiger partial charge in [0.05, 0.1) is 4.88 Å². The second-order valence-corrected chi connectivity index (χ2v) is 7.17. The molecule has 1 heterocycles. The first-order valence-electron chi connectivity index (χ1n) is 8.34. The van der Waals surface area contributed by atoms with E-state index >= 15 is 0 Å². The predicted molar refractivity (Wildman–Crippen MR) is 98.9 cm³/mol. The Morgan fingerprint density at radius 1 is 1.08 bits per heavy atom. The lowest BCUT2D eigenvalue weighted by atomic mass is 10.1. The molecule has 4 nitrogen and oxygen atoms in total. The van der Waals surface area contributed by atoms with Crippen molar-refractivity contribution in [2.45, 2.75) is 33.6 Å². The molecule has 2 rings (SSSR count). The van der Waals surface area contributed by atoms with E-state index < -0.39 is 5.82 Å². The average Bonchev–Trinajstić information content (AvgIpc) is 2.95. The summed E-state index contributed by atoms with van der Waals surface area (Å²) in [6, 6.07) is 6.30. The Morgan fingerprint density at radius 3 is 2.40 bits per heavy atom. The topological polar surface area (TPSA) is 58.2 Å². The molecule has 0 unspecified atom stereocenters. The van der Waals surface area contributed by atoms with Crippen LogP contribution in [0.5, 0.6) is 0 Å². The van der Waals surface area contributed by atoms with E-state index in [0.717, 1.165) is 12.8 Å². The minimum absolute atomic E-state index is 0.133. The molecule has 134 valence electrons. The van der Waals surface area contributed by atoms with Crippen LogP contribution in [0, 0.1) is 19.7 Å². The molecule has 2 amide bonds. The second-order valence-electron chi connectivity index (χ2n) is 5.92. The molecule has 2 aromatic rings. The highest BCUT2D eigenvalue weighted by Crippen LogP contribution is 2.22. The number of amides is 2. The van der Waals surface area contributed by atoms with Crippen molar-refractivity contribution in [1.82, 2.24) is 10.6 Å². The normalized spacial score (nSPS) is 10.6. The summed E-state index contributed by atoms with van der Waals surface area (Å²) in [6.45, 7) is 6.38. The maximum absolute atomic E-state index is 13.5. The molecule has 0 saturated heterocycles. The van der Waals surface area contributed by atoms with Crippen molar-refractivity contribution in [2.75, 3.05) is 13.1 Å².